The standard InChI is InChI=1S/C9H13N3O3/c1-6(12-15)9-10-5-7(11-9)8(14)3-2-4-13/h5,13,15H,2-4H2,1H3,(H,10,11)/b12-6+. The lowest BCUT2D eigenvalue weighted by Crippen LogP contribution is -2.02. The molecule has 0 aliphatic heterocycles. The van der Waals surface area contributed by atoms with Crippen molar-refractivity contribution in [2.45, 2.75) is 19.8 Å². The summed E-state index contributed by atoms with van der Waals surface area (Å²) < 4.78 is 0. The maximum absolute atomic E-state index is 11.4. The maximum atomic E-state index is 11.4. The third kappa shape index (κ3) is 2.88. The molecule has 6 nitrogen and oxygen atoms in total. The second-order valence-corrected chi connectivity index (χ2v) is 3.08. The summed E-state index contributed by atoms with van der Waals surface area (Å²) in [6.45, 7) is 1.56. The largest absolute Gasteiger partial charge is 0.411 e. The first-order valence-electron chi connectivity index (χ1n) is 4.57. The number of rotatable bonds is 5. The number of H-pyrrole nitrogens is 1. The Balaban J connectivity index is 2.71. The number of hydrogen-bond acceptors (Lipinski definition) is 5. The minimum absolute atomic E-state index is 0.0101. The molecule has 0 unspecified atom stereocenters. The normalized spacial score (nSPS) is 11.7. The molecular formula is C9H13N3O3. The van der Waals surface area contributed by atoms with Crippen molar-refractivity contribution in [1.82, 2.24) is 9.97 Å². The van der Waals surface area contributed by atoms with Crippen molar-refractivity contribution in [3.05, 3.63) is 17.7 Å². The van der Waals surface area contributed by atoms with Crippen molar-refractivity contribution in [2.24, 2.45) is 5.16 Å². The lowest BCUT2D eigenvalue weighted by molar-refractivity contribution is 0.0967. The predicted octanol–water partition coefficient (Wildman–Crippen LogP) is 0.563. The topological polar surface area (TPSA) is 98.6 Å². The number of ketones is 1. The van der Waals surface area contributed by atoms with Crippen LogP contribution in [-0.2, 0) is 0 Å². The van der Waals surface area contributed by atoms with Crippen LogP contribution in [0, 0.1) is 0 Å². The average molecular weight is 211 g/mol. The molecule has 0 fully saturated rings. The Morgan fingerprint density at radius 3 is 3.00 bits per heavy atom. The lowest BCUT2D eigenvalue weighted by Gasteiger charge is -1.95. The van der Waals surface area contributed by atoms with Gasteiger partial charge in [0.25, 0.3) is 0 Å². The minimum Gasteiger partial charge on any atom is -0.411 e. The van der Waals surface area contributed by atoms with Gasteiger partial charge in [-0.15, -0.1) is 0 Å². The Bertz CT molecular complexity index is 370. The van der Waals surface area contributed by atoms with Crippen molar-refractivity contribution in [2.75, 3.05) is 6.61 Å². The van der Waals surface area contributed by atoms with Gasteiger partial charge in [-0.2, -0.15) is 0 Å². The fraction of sp³-hybridized carbons (Fsp3) is 0.444. The van der Waals surface area contributed by atoms with Crippen molar-refractivity contribution in [1.29, 1.82) is 0 Å². The van der Waals surface area contributed by atoms with Gasteiger partial charge in [0.2, 0.25) is 0 Å². The lowest BCUT2D eigenvalue weighted by atomic mass is 10.2. The molecular weight excluding hydrogens is 198 g/mol. The fourth-order valence-corrected chi connectivity index (χ4v) is 1.07. The van der Waals surface area contributed by atoms with Crippen LogP contribution in [0.25, 0.3) is 0 Å². The van der Waals surface area contributed by atoms with E-state index in [1.807, 2.05) is 0 Å². The van der Waals surface area contributed by atoms with Gasteiger partial charge in [0.05, 0.1) is 6.20 Å². The summed E-state index contributed by atoms with van der Waals surface area (Å²) >= 11 is 0. The van der Waals surface area contributed by atoms with Crippen LogP contribution in [0.1, 0.15) is 36.1 Å². The van der Waals surface area contributed by atoms with Crippen LogP contribution in [0.2, 0.25) is 0 Å². The number of aliphatic hydroxyl groups excluding tert-OH is 1. The highest BCUT2D eigenvalue weighted by molar-refractivity contribution is 5.98. The van der Waals surface area contributed by atoms with E-state index in [1.165, 1.54) is 6.20 Å². The van der Waals surface area contributed by atoms with E-state index in [2.05, 4.69) is 15.1 Å². The van der Waals surface area contributed by atoms with Gasteiger partial charge < -0.3 is 15.3 Å². The molecule has 0 aromatic carbocycles. The van der Waals surface area contributed by atoms with Gasteiger partial charge >= 0.3 is 0 Å². The molecule has 0 radical (unpaired) electrons. The minimum atomic E-state index is -0.117. The molecule has 0 spiro atoms. The van der Waals surface area contributed by atoms with Crippen LogP contribution in [0.3, 0.4) is 0 Å². The first-order chi connectivity index (χ1) is 7.19. The monoisotopic (exact) mass is 211 g/mol. The summed E-state index contributed by atoms with van der Waals surface area (Å²) in [6, 6.07) is 0. The van der Waals surface area contributed by atoms with Crippen LogP contribution in [0.5, 0.6) is 0 Å². The van der Waals surface area contributed by atoms with Crippen molar-refractivity contribution in [3.63, 3.8) is 0 Å². The summed E-state index contributed by atoms with van der Waals surface area (Å²) in [4.78, 5) is 18.1. The van der Waals surface area contributed by atoms with Gasteiger partial charge in [0.15, 0.2) is 11.6 Å². The molecule has 0 aliphatic rings. The predicted molar refractivity (Wildman–Crippen MR) is 53.2 cm³/mol. The smallest absolute Gasteiger partial charge is 0.180 e. The van der Waals surface area contributed by atoms with Crippen LogP contribution in [0.15, 0.2) is 11.4 Å². The number of nitrogens with one attached hydrogen (secondary N) is 1. The Labute approximate surface area is 86.6 Å². The van der Waals surface area contributed by atoms with Crippen LogP contribution < -0.4 is 0 Å². The second kappa shape index (κ2) is 5.26. The van der Waals surface area contributed by atoms with Crippen molar-refractivity contribution in [3.8, 4) is 0 Å². The van der Waals surface area contributed by atoms with E-state index in [0.717, 1.165) is 0 Å². The molecule has 3 N–H and O–H groups in total. The van der Waals surface area contributed by atoms with Crippen LogP contribution >= 0.6 is 0 Å². The third-order valence-corrected chi connectivity index (χ3v) is 1.93. The van der Waals surface area contributed by atoms with Gasteiger partial charge in [-0.3, -0.25) is 4.79 Å². The van der Waals surface area contributed by atoms with Crippen molar-refractivity contribution >= 4 is 11.5 Å². The van der Waals surface area contributed by atoms with Gasteiger partial charge in [-0.25, -0.2) is 4.98 Å². The molecule has 0 amide bonds. The SMILES string of the molecule is C/C(=N\O)c1ncc(C(=O)CCCO)[nH]1. The second-order valence-electron chi connectivity index (χ2n) is 3.08. The van der Waals surface area contributed by atoms with E-state index >= 15 is 0 Å². The number of nitrogens with zero attached hydrogens (tertiary/aromatic N) is 2. The Hall–Kier alpha value is -1.69. The van der Waals surface area contributed by atoms with E-state index in [1.54, 1.807) is 6.92 Å². The summed E-state index contributed by atoms with van der Waals surface area (Å²) in [6.07, 6.45) is 2.09. The Kier molecular flexibility index (Phi) is 3.99. The van der Waals surface area contributed by atoms with Crippen LogP contribution in [0.4, 0.5) is 0 Å². The Morgan fingerprint density at radius 1 is 1.67 bits per heavy atom. The summed E-state index contributed by atoms with van der Waals surface area (Å²) in [5, 5.41) is 20.0. The number of carbonyl (C=O) groups excluding carboxylic acids is 1. The van der Waals surface area contributed by atoms with E-state index in [9.17, 15) is 4.79 Å². The van der Waals surface area contributed by atoms with E-state index < -0.39 is 0 Å². The molecule has 0 saturated heterocycles. The quantitative estimate of drug-likeness (QED) is 0.287. The Morgan fingerprint density at radius 2 is 2.40 bits per heavy atom. The zero-order valence-corrected chi connectivity index (χ0v) is 8.40. The maximum Gasteiger partial charge on any atom is 0.180 e. The zero-order chi connectivity index (χ0) is 11.3. The number of hydrogen-bond donors (Lipinski definition) is 3. The first-order valence-corrected chi connectivity index (χ1v) is 4.57. The molecule has 1 aromatic heterocycles. The molecule has 0 atom stereocenters. The zero-order valence-electron chi connectivity index (χ0n) is 8.40. The van der Waals surface area contributed by atoms with Gasteiger partial charge in [-0.05, 0) is 13.3 Å². The van der Waals surface area contributed by atoms with Gasteiger partial charge in [-0.1, -0.05) is 5.16 Å². The summed E-state index contributed by atoms with van der Waals surface area (Å²) in [5.41, 5.74) is 0.678. The molecule has 1 aromatic rings. The highest BCUT2D eigenvalue weighted by Crippen LogP contribution is 2.04. The number of carbonyl (C=O) groups is 1. The first kappa shape index (κ1) is 11.4. The number of aromatic amines is 1. The van der Waals surface area contributed by atoms with E-state index in [-0.39, 0.29) is 18.8 Å². The van der Waals surface area contributed by atoms with Crippen molar-refractivity contribution < 1.29 is 15.1 Å². The summed E-state index contributed by atoms with van der Waals surface area (Å²) in [5.74, 6) is 0.249. The molecule has 15 heavy (non-hydrogen) atoms. The number of imidazole rings is 1. The number of aliphatic hydroxyl groups is 1. The third-order valence-electron chi connectivity index (χ3n) is 1.93. The molecule has 0 bridgehead atoms. The molecule has 1 rings (SSSR count). The summed E-state index contributed by atoms with van der Waals surface area (Å²) in [7, 11) is 0. The number of aromatic nitrogens is 2. The number of oxime groups is 1. The van der Waals surface area contributed by atoms with Gasteiger partial charge in [0.1, 0.15) is 11.4 Å². The average Bonchev–Trinajstić information content (AvgIpc) is 2.74. The van der Waals surface area contributed by atoms with Crippen LogP contribution in [-0.4, -0.2) is 38.4 Å². The highest BCUT2D eigenvalue weighted by Gasteiger charge is 2.10. The van der Waals surface area contributed by atoms with Gasteiger partial charge in [0, 0.05) is 13.0 Å². The molecule has 6 heteroatoms. The molecule has 0 aliphatic carbocycles. The van der Waals surface area contributed by atoms with E-state index in [4.69, 9.17) is 10.3 Å². The van der Waals surface area contributed by atoms with E-state index in [0.29, 0.717) is 23.7 Å². The number of Topliss-reactive ketones (excluding diaryl/α,β-unsaturated/α-hetero) is 1. The molecule has 82 valence electrons. The molecule has 0 saturated carbocycles. The highest BCUT2D eigenvalue weighted by atomic mass is 16.4. The fourth-order valence-electron chi connectivity index (χ4n) is 1.07. The molecule has 1 heterocycles.